The maximum Gasteiger partial charge on any atom is 0.169 e. The van der Waals surface area contributed by atoms with Crippen LogP contribution in [0.2, 0.25) is 0 Å². The number of aromatic nitrogens is 2. The van der Waals surface area contributed by atoms with Gasteiger partial charge in [0.1, 0.15) is 11.6 Å². The Bertz CT molecular complexity index is 830. The Balaban J connectivity index is 1.97. The highest BCUT2D eigenvalue weighted by Crippen LogP contribution is 2.38. The number of halogens is 2. The summed E-state index contributed by atoms with van der Waals surface area (Å²) in [5, 5.41) is 0.327. The third-order valence-electron chi connectivity index (χ3n) is 3.83. The van der Waals surface area contributed by atoms with Crippen LogP contribution in [-0.4, -0.2) is 23.3 Å². The first kappa shape index (κ1) is 16.9. The number of thioether (sulfide) groups is 1. The van der Waals surface area contributed by atoms with Crippen molar-refractivity contribution >= 4 is 22.8 Å². The normalized spacial score (nSPS) is 12.7. The van der Waals surface area contributed by atoms with Gasteiger partial charge in [-0.15, -0.1) is 0 Å². The van der Waals surface area contributed by atoms with Crippen molar-refractivity contribution in [3.05, 3.63) is 59.7 Å². The van der Waals surface area contributed by atoms with Gasteiger partial charge in [-0.1, -0.05) is 30.0 Å². The van der Waals surface area contributed by atoms with E-state index < -0.39 is 16.9 Å². The number of rotatable bonds is 6. The van der Waals surface area contributed by atoms with Gasteiger partial charge in [-0.2, -0.15) is 0 Å². The highest BCUT2D eigenvalue weighted by atomic mass is 32.2. The van der Waals surface area contributed by atoms with Crippen LogP contribution >= 0.6 is 11.8 Å². The summed E-state index contributed by atoms with van der Waals surface area (Å²) in [6.07, 6.45) is 0. The van der Waals surface area contributed by atoms with E-state index in [0.29, 0.717) is 13.2 Å². The molecule has 0 spiro atoms. The lowest BCUT2D eigenvalue weighted by atomic mass is 10.1. The average molecular weight is 348 g/mol. The van der Waals surface area contributed by atoms with E-state index in [1.165, 1.54) is 30.0 Å². The summed E-state index contributed by atoms with van der Waals surface area (Å²) >= 11 is 1.34. The van der Waals surface area contributed by atoms with E-state index in [2.05, 4.69) is 4.98 Å². The largest absolute Gasteiger partial charge is 0.383 e. The van der Waals surface area contributed by atoms with Crippen molar-refractivity contribution in [2.45, 2.75) is 23.9 Å². The van der Waals surface area contributed by atoms with Crippen LogP contribution in [0, 0.1) is 11.6 Å². The van der Waals surface area contributed by atoms with Crippen molar-refractivity contribution in [2.24, 2.45) is 0 Å². The van der Waals surface area contributed by atoms with Gasteiger partial charge in [0.2, 0.25) is 0 Å². The van der Waals surface area contributed by atoms with Crippen LogP contribution in [0.5, 0.6) is 0 Å². The second-order valence-corrected chi connectivity index (χ2v) is 6.73. The van der Waals surface area contributed by atoms with Gasteiger partial charge in [0, 0.05) is 24.5 Å². The predicted molar refractivity (Wildman–Crippen MR) is 92.2 cm³/mol. The molecule has 0 aliphatic heterocycles. The van der Waals surface area contributed by atoms with Gasteiger partial charge in [0.05, 0.1) is 17.6 Å². The molecule has 0 aliphatic carbocycles. The molecule has 3 rings (SSSR count). The quantitative estimate of drug-likeness (QED) is 0.598. The molecule has 6 heteroatoms. The molecule has 0 bridgehead atoms. The van der Waals surface area contributed by atoms with Crippen molar-refractivity contribution in [1.82, 2.24) is 9.55 Å². The molecule has 3 aromatic rings. The van der Waals surface area contributed by atoms with Crippen LogP contribution in [0.1, 0.15) is 17.7 Å². The molecule has 0 aliphatic rings. The Kier molecular flexibility index (Phi) is 5.16. The fraction of sp³-hybridized carbons (Fsp3) is 0.278. The van der Waals surface area contributed by atoms with Crippen LogP contribution in [0.15, 0.2) is 47.6 Å². The van der Waals surface area contributed by atoms with E-state index in [0.717, 1.165) is 16.2 Å². The zero-order valence-corrected chi connectivity index (χ0v) is 14.3. The molecule has 1 atom stereocenters. The number of hydrogen-bond acceptors (Lipinski definition) is 3. The van der Waals surface area contributed by atoms with Crippen LogP contribution in [0.4, 0.5) is 8.78 Å². The summed E-state index contributed by atoms with van der Waals surface area (Å²) in [4.78, 5) is 4.62. The molecule has 0 radical (unpaired) electrons. The molecule has 1 unspecified atom stereocenters. The third kappa shape index (κ3) is 3.30. The molecule has 0 fully saturated rings. The van der Waals surface area contributed by atoms with E-state index in [4.69, 9.17) is 4.74 Å². The van der Waals surface area contributed by atoms with Crippen LogP contribution in [0.3, 0.4) is 0 Å². The summed E-state index contributed by atoms with van der Waals surface area (Å²) in [6, 6.07) is 11.7. The fourth-order valence-corrected chi connectivity index (χ4v) is 3.79. The molecule has 24 heavy (non-hydrogen) atoms. The SMILES string of the molecule is COCCn1c(SC(C)c2c(F)cccc2F)nc2ccccc21. The van der Waals surface area contributed by atoms with Crippen LogP contribution in [0.25, 0.3) is 11.0 Å². The van der Waals surface area contributed by atoms with Gasteiger partial charge in [-0.05, 0) is 31.2 Å². The minimum Gasteiger partial charge on any atom is -0.383 e. The third-order valence-corrected chi connectivity index (χ3v) is 4.94. The van der Waals surface area contributed by atoms with Crippen molar-refractivity contribution in [1.29, 1.82) is 0 Å². The lowest BCUT2D eigenvalue weighted by Crippen LogP contribution is -2.06. The minimum atomic E-state index is -0.533. The fourth-order valence-electron chi connectivity index (χ4n) is 2.66. The number of ether oxygens (including phenoxy) is 1. The van der Waals surface area contributed by atoms with Gasteiger partial charge in [0.25, 0.3) is 0 Å². The van der Waals surface area contributed by atoms with Crippen molar-refractivity contribution in [3.8, 4) is 0 Å². The summed E-state index contributed by atoms with van der Waals surface area (Å²) in [7, 11) is 1.64. The first-order valence-corrected chi connectivity index (χ1v) is 8.54. The Hall–Kier alpha value is -1.92. The van der Waals surface area contributed by atoms with Gasteiger partial charge in [-0.25, -0.2) is 13.8 Å². The highest BCUT2D eigenvalue weighted by Gasteiger charge is 2.20. The molecule has 3 nitrogen and oxygen atoms in total. The topological polar surface area (TPSA) is 27.1 Å². The van der Waals surface area contributed by atoms with Gasteiger partial charge < -0.3 is 9.30 Å². The number of hydrogen-bond donors (Lipinski definition) is 0. The maximum absolute atomic E-state index is 14.0. The number of fused-ring (bicyclic) bond motifs is 1. The molecule has 0 saturated heterocycles. The van der Waals surface area contributed by atoms with Crippen molar-refractivity contribution in [3.63, 3.8) is 0 Å². The van der Waals surface area contributed by atoms with Gasteiger partial charge >= 0.3 is 0 Å². The summed E-state index contributed by atoms with van der Waals surface area (Å²) in [5.41, 5.74) is 1.92. The maximum atomic E-state index is 14.0. The summed E-state index contributed by atoms with van der Waals surface area (Å²) in [5.74, 6) is -1.07. The monoisotopic (exact) mass is 348 g/mol. The second kappa shape index (κ2) is 7.32. The van der Waals surface area contributed by atoms with Gasteiger partial charge in [0.15, 0.2) is 5.16 Å². The molecule has 126 valence electrons. The zero-order valence-electron chi connectivity index (χ0n) is 13.5. The van der Waals surface area contributed by atoms with Crippen LogP contribution in [-0.2, 0) is 11.3 Å². The Morgan fingerprint density at radius 2 is 1.83 bits per heavy atom. The smallest absolute Gasteiger partial charge is 0.169 e. The van der Waals surface area contributed by atoms with E-state index in [-0.39, 0.29) is 5.56 Å². The summed E-state index contributed by atoms with van der Waals surface area (Å²) < 4.78 is 35.2. The molecule has 0 saturated carbocycles. The first-order chi connectivity index (χ1) is 11.6. The molecule has 0 amide bonds. The lowest BCUT2D eigenvalue weighted by molar-refractivity contribution is 0.186. The van der Waals surface area contributed by atoms with E-state index >= 15 is 0 Å². The zero-order chi connectivity index (χ0) is 17.1. The number of methoxy groups -OCH3 is 1. The number of benzene rings is 2. The first-order valence-electron chi connectivity index (χ1n) is 7.66. The molecule has 2 aromatic carbocycles. The van der Waals surface area contributed by atoms with E-state index in [1.807, 2.05) is 28.8 Å². The predicted octanol–water partition coefficient (Wildman–Crippen LogP) is 4.81. The standard InChI is InChI=1S/C18H18F2N2OS/c1-12(17-13(19)6-5-7-14(17)20)24-18-21-15-8-3-4-9-16(15)22(18)10-11-23-2/h3-9,12H,10-11H2,1-2H3. The van der Waals surface area contributed by atoms with Crippen LogP contribution < -0.4 is 0 Å². The molecule has 1 aromatic heterocycles. The lowest BCUT2D eigenvalue weighted by Gasteiger charge is -2.14. The Labute approximate surface area is 143 Å². The van der Waals surface area contributed by atoms with Gasteiger partial charge in [-0.3, -0.25) is 0 Å². The average Bonchev–Trinajstić information content (AvgIpc) is 2.90. The summed E-state index contributed by atoms with van der Waals surface area (Å²) in [6.45, 7) is 2.95. The highest BCUT2D eigenvalue weighted by molar-refractivity contribution is 7.99. The molecular weight excluding hydrogens is 330 g/mol. The Morgan fingerprint density at radius 3 is 2.54 bits per heavy atom. The number of imidazole rings is 1. The molecular formula is C18H18F2N2OS. The van der Waals surface area contributed by atoms with Crippen molar-refractivity contribution < 1.29 is 13.5 Å². The van der Waals surface area contributed by atoms with E-state index in [1.54, 1.807) is 14.0 Å². The number of nitrogens with zero attached hydrogens (tertiary/aromatic N) is 2. The molecule has 1 heterocycles. The Morgan fingerprint density at radius 1 is 1.12 bits per heavy atom. The molecule has 0 N–H and O–H groups in total. The second-order valence-electron chi connectivity index (χ2n) is 5.42. The van der Waals surface area contributed by atoms with E-state index in [9.17, 15) is 8.78 Å². The van der Waals surface area contributed by atoms with Crippen molar-refractivity contribution in [2.75, 3.05) is 13.7 Å². The minimum absolute atomic E-state index is 0.0767. The number of para-hydroxylation sites is 2.